The number of rotatable bonds is 9. The van der Waals surface area contributed by atoms with Crippen molar-refractivity contribution in [2.45, 2.75) is 6.42 Å². The van der Waals surface area contributed by atoms with Crippen molar-refractivity contribution >= 4 is 23.4 Å². The van der Waals surface area contributed by atoms with E-state index < -0.39 is 0 Å². The monoisotopic (exact) mass is 293 g/mol. The zero-order valence-electron chi connectivity index (χ0n) is 12.4. The summed E-state index contributed by atoms with van der Waals surface area (Å²) in [6.45, 7) is 10.5. The summed E-state index contributed by atoms with van der Waals surface area (Å²) in [5, 5.41) is 7.47. The third-order valence-corrected chi connectivity index (χ3v) is 3.41. The van der Waals surface area contributed by atoms with E-state index in [1.54, 1.807) is 6.08 Å². The fraction of sp³-hybridized carbons (Fsp3) is 0.375. The molecule has 0 bridgehead atoms. The van der Waals surface area contributed by atoms with Gasteiger partial charge in [-0.2, -0.15) is 0 Å². The van der Waals surface area contributed by atoms with Gasteiger partial charge in [-0.1, -0.05) is 30.8 Å². The van der Waals surface area contributed by atoms with Crippen LogP contribution in [0.25, 0.3) is 6.08 Å². The quantitative estimate of drug-likeness (QED) is 0.683. The highest BCUT2D eigenvalue weighted by molar-refractivity contribution is 6.32. The molecular weight excluding hydrogens is 270 g/mol. The van der Waals surface area contributed by atoms with Crippen LogP contribution in [0.4, 0.5) is 5.69 Å². The van der Waals surface area contributed by atoms with Crippen LogP contribution >= 0.6 is 11.6 Å². The van der Waals surface area contributed by atoms with E-state index in [1.807, 2.05) is 37.2 Å². The second kappa shape index (κ2) is 8.67. The van der Waals surface area contributed by atoms with Crippen LogP contribution < -0.4 is 10.6 Å². The molecule has 2 N–H and O–H groups in total. The van der Waals surface area contributed by atoms with Crippen LogP contribution in [0.3, 0.4) is 0 Å². The average molecular weight is 294 g/mol. The van der Waals surface area contributed by atoms with Gasteiger partial charge in [-0.15, -0.1) is 0 Å². The molecular formula is C16H24ClN3. The van der Waals surface area contributed by atoms with Crippen LogP contribution in [0.2, 0.25) is 5.02 Å². The Morgan fingerprint density at radius 3 is 2.70 bits per heavy atom. The molecule has 0 aliphatic carbocycles. The van der Waals surface area contributed by atoms with E-state index >= 15 is 0 Å². The van der Waals surface area contributed by atoms with Crippen molar-refractivity contribution in [2.75, 3.05) is 39.0 Å². The molecule has 4 heteroatoms. The molecule has 0 heterocycles. The summed E-state index contributed by atoms with van der Waals surface area (Å²) in [5.74, 6) is 0. The molecule has 0 amide bonds. The van der Waals surface area contributed by atoms with Gasteiger partial charge in [0.05, 0.1) is 0 Å². The van der Waals surface area contributed by atoms with Gasteiger partial charge in [-0.3, -0.25) is 0 Å². The number of halogens is 1. The summed E-state index contributed by atoms with van der Waals surface area (Å²) in [7, 11) is 4.03. The number of anilines is 1. The highest BCUT2D eigenvalue weighted by Crippen LogP contribution is 2.21. The summed E-state index contributed by atoms with van der Waals surface area (Å²) in [6, 6.07) is 5.86. The van der Waals surface area contributed by atoms with E-state index in [4.69, 9.17) is 11.6 Å². The van der Waals surface area contributed by atoms with E-state index in [1.165, 1.54) is 0 Å². The van der Waals surface area contributed by atoms with Crippen LogP contribution in [-0.2, 0) is 0 Å². The van der Waals surface area contributed by atoms with Crippen molar-refractivity contribution in [2.24, 2.45) is 0 Å². The number of hydrogen-bond acceptors (Lipinski definition) is 3. The van der Waals surface area contributed by atoms with Crippen LogP contribution in [-0.4, -0.2) is 38.6 Å². The van der Waals surface area contributed by atoms with E-state index in [2.05, 4.69) is 23.8 Å². The van der Waals surface area contributed by atoms with Crippen LogP contribution in [0, 0.1) is 0 Å². The molecule has 110 valence electrons. The highest BCUT2D eigenvalue weighted by atomic mass is 35.5. The molecule has 20 heavy (non-hydrogen) atoms. The number of nitrogens with zero attached hydrogens (tertiary/aromatic N) is 1. The maximum Gasteiger partial charge on any atom is 0.0479 e. The summed E-state index contributed by atoms with van der Waals surface area (Å²) in [5.41, 5.74) is 3.15. The Morgan fingerprint density at radius 1 is 1.30 bits per heavy atom. The first kappa shape index (κ1) is 16.6. The van der Waals surface area contributed by atoms with Crippen LogP contribution in [0.1, 0.15) is 12.0 Å². The third kappa shape index (κ3) is 5.68. The topological polar surface area (TPSA) is 27.3 Å². The molecule has 0 spiro atoms. The molecule has 0 aliphatic rings. The Labute approximate surface area is 127 Å². The smallest absolute Gasteiger partial charge is 0.0479 e. The minimum atomic E-state index is 0.728. The predicted octanol–water partition coefficient (Wildman–Crippen LogP) is 3.45. The Balaban J connectivity index is 2.21. The van der Waals surface area contributed by atoms with Gasteiger partial charge in [-0.25, -0.2) is 0 Å². The van der Waals surface area contributed by atoms with Crippen molar-refractivity contribution in [3.8, 4) is 0 Å². The molecule has 1 aromatic rings. The normalized spacial score (nSPS) is 10.2. The van der Waals surface area contributed by atoms with Crippen LogP contribution in [0.15, 0.2) is 37.1 Å². The lowest BCUT2D eigenvalue weighted by atomic mass is 10.2. The maximum atomic E-state index is 6.03. The van der Waals surface area contributed by atoms with Gasteiger partial charge in [0.1, 0.15) is 0 Å². The standard InChI is InChI=1S/C16H24ClN3/c1-5-14-12-15(6-7-16(14)17)19-11-10-18-9-8-13(2)20(3)4/h5-7,12,18-19H,1-2,8-11H2,3-4H3. The van der Waals surface area contributed by atoms with E-state index in [0.717, 1.165) is 48.0 Å². The molecule has 1 aromatic carbocycles. The summed E-state index contributed by atoms with van der Waals surface area (Å²) >= 11 is 6.03. The van der Waals surface area contributed by atoms with Crippen molar-refractivity contribution in [3.63, 3.8) is 0 Å². The first-order valence-corrected chi connectivity index (χ1v) is 7.14. The first-order chi connectivity index (χ1) is 9.54. The lowest BCUT2D eigenvalue weighted by Gasteiger charge is -2.15. The largest absolute Gasteiger partial charge is 0.384 e. The van der Waals surface area contributed by atoms with Crippen molar-refractivity contribution in [1.29, 1.82) is 0 Å². The fourth-order valence-electron chi connectivity index (χ4n) is 1.69. The second-order valence-corrected chi connectivity index (χ2v) is 5.24. The minimum Gasteiger partial charge on any atom is -0.384 e. The SMILES string of the molecule is C=Cc1cc(NCCNCCC(=C)N(C)C)ccc1Cl. The zero-order chi connectivity index (χ0) is 15.0. The van der Waals surface area contributed by atoms with Crippen molar-refractivity contribution in [3.05, 3.63) is 47.6 Å². The lowest BCUT2D eigenvalue weighted by Crippen LogP contribution is -2.25. The summed E-state index contributed by atoms with van der Waals surface area (Å²) in [4.78, 5) is 2.05. The number of benzene rings is 1. The van der Waals surface area contributed by atoms with E-state index in [0.29, 0.717) is 0 Å². The molecule has 3 nitrogen and oxygen atoms in total. The first-order valence-electron chi connectivity index (χ1n) is 6.76. The Bertz CT molecular complexity index is 455. The maximum absolute atomic E-state index is 6.03. The Hall–Kier alpha value is -1.45. The van der Waals surface area contributed by atoms with E-state index in [-0.39, 0.29) is 0 Å². The highest BCUT2D eigenvalue weighted by Gasteiger charge is 1.99. The molecule has 0 saturated carbocycles. The van der Waals surface area contributed by atoms with Crippen LogP contribution in [0.5, 0.6) is 0 Å². The van der Waals surface area contributed by atoms with Gasteiger partial charge in [0, 0.05) is 50.1 Å². The Morgan fingerprint density at radius 2 is 2.05 bits per heavy atom. The van der Waals surface area contributed by atoms with Gasteiger partial charge in [-0.05, 0) is 30.2 Å². The zero-order valence-corrected chi connectivity index (χ0v) is 13.1. The number of nitrogens with one attached hydrogen (secondary N) is 2. The number of hydrogen-bond donors (Lipinski definition) is 2. The Kier molecular flexibility index (Phi) is 7.20. The lowest BCUT2D eigenvalue weighted by molar-refractivity contribution is 0.482. The average Bonchev–Trinajstić information content (AvgIpc) is 2.43. The van der Waals surface area contributed by atoms with E-state index in [9.17, 15) is 0 Å². The van der Waals surface area contributed by atoms with Crippen molar-refractivity contribution in [1.82, 2.24) is 10.2 Å². The molecule has 0 fully saturated rings. The van der Waals surface area contributed by atoms with Gasteiger partial charge < -0.3 is 15.5 Å². The summed E-state index contributed by atoms with van der Waals surface area (Å²) < 4.78 is 0. The molecule has 0 radical (unpaired) electrons. The summed E-state index contributed by atoms with van der Waals surface area (Å²) in [6.07, 6.45) is 2.73. The van der Waals surface area contributed by atoms with Gasteiger partial charge in [0.25, 0.3) is 0 Å². The van der Waals surface area contributed by atoms with Crippen molar-refractivity contribution < 1.29 is 0 Å². The molecule has 1 rings (SSSR count). The second-order valence-electron chi connectivity index (χ2n) is 4.83. The minimum absolute atomic E-state index is 0.728. The predicted molar refractivity (Wildman–Crippen MR) is 90.3 cm³/mol. The van der Waals surface area contributed by atoms with Gasteiger partial charge >= 0.3 is 0 Å². The molecule has 0 saturated heterocycles. The third-order valence-electron chi connectivity index (χ3n) is 3.07. The molecule has 0 atom stereocenters. The fourth-order valence-corrected chi connectivity index (χ4v) is 1.88. The van der Waals surface area contributed by atoms with Gasteiger partial charge in [0.2, 0.25) is 0 Å². The van der Waals surface area contributed by atoms with Gasteiger partial charge in [0.15, 0.2) is 0 Å². The molecule has 0 aromatic heterocycles. The molecule has 0 unspecified atom stereocenters. The molecule has 0 aliphatic heterocycles.